The van der Waals surface area contributed by atoms with E-state index in [0.29, 0.717) is 11.9 Å². The molecule has 0 unspecified atom stereocenters. The summed E-state index contributed by atoms with van der Waals surface area (Å²) in [4.78, 5) is 14.1. The summed E-state index contributed by atoms with van der Waals surface area (Å²) >= 11 is 7.22. The van der Waals surface area contributed by atoms with E-state index in [9.17, 15) is 4.79 Å². The average molecular weight is 352 g/mol. The lowest BCUT2D eigenvalue weighted by atomic mass is 10.2. The number of aromatic nitrogens is 2. The van der Waals surface area contributed by atoms with E-state index in [1.165, 1.54) is 0 Å². The number of hydrogen-bond donors (Lipinski definition) is 0. The molecular weight excluding hydrogens is 336 g/mol. The molecule has 0 aliphatic heterocycles. The van der Waals surface area contributed by atoms with Crippen molar-refractivity contribution in [3.8, 4) is 10.4 Å². The molecule has 2 aromatic carbocycles. The van der Waals surface area contributed by atoms with Gasteiger partial charge in [0.15, 0.2) is 3.95 Å². The molecule has 2 heterocycles. The molecule has 24 heavy (non-hydrogen) atoms. The lowest BCUT2D eigenvalue weighted by molar-refractivity contribution is 0.671. The maximum atomic E-state index is 13.0. The first-order chi connectivity index (χ1) is 11.7. The molecule has 0 N–H and O–H groups in total. The molecule has 0 amide bonds. The third-order valence-corrected chi connectivity index (χ3v) is 5.56. The maximum absolute atomic E-state index is 13.0. The molecule has 120 valence electrons. The van der Waals surface area contributed by atoms with Gasteiger partial charge in [-0.2, -0.15) is 0 Å². The van der Waals surface area contributed by atoms with Crippen molar-refractivity contribution in [1.82, 2.24) is 8.97 Å². The van der Waals surface area contributed by atoms with Gasteiger partial charge in [0.25, 0.3) is 5.56 Å². The number of para-hydroxylation sites is 1. The maximum Gasteiger partial charge on any atom is 0.261 e. The predicted octanol–water partition coefficient (Wildman–Crippen LogP) is 5.12. The number of hydrogen-bond acceptors (Lipinski definition) is 3. The Morgan fingerprint density at radius 3 is 2.50 bits per heavy atom. The summed E-state index contributed by atoms with van der Waals surface area (Å²) in [5.41, 5.74) is 2.93. The standard InChI is InChI=1S/C19H16N2OS2/c1-2-12-20-17-16(13-8-4-3-5-9-13)24-19(23)21(17)15-11-7-6-10-14(15)18(20)22/h3-11H,2,12H2,1H3. The van der Waals surface area contributed by atoms with Crippen LogP contribution in [0.1, 0.15) is 13.3 Å². The summed E-state index contributed by atoms with van der Waals surface area (Å²) in [6, 6.07) is 17.9. The third kappa shape index (κ3) is 2.24. The van der Waals surface area contributed by atoms with Crippen LogP contribution in [-0.4, -0.2) is 8.97 Å². The van der Waals surface area contributed by atoms with Gasteiger partial charge in [0.2, 0.25) is 0 Å². The Morgan fingerprint density at radius 2 is 1.75 bits per heavy atom. The van der Waals surface area contributed by atoms with Crippen LogP contribution >= 0.6 is 23.6 Å². The number of thiazole rings is 1. The van der Waals surface area contributed by atoms with Crippen LogP contribution in [0.3, 0.4) is 0 Å². The normalized spacial score (nSPS) is 11.4. The number of fused-ring (bicyclic) bond motifs is 3. The summed E-state index contributed by atoms with van der Waals surface area (Å²) < 4.78 is 4.69. The largest absolute Gasteiger partial charge is 0.293 e. The molecule has 0 saturated carbocycles. The number of nitrogens with zero attached hydrogens (tertiary/aromatic N) is 2. The average Bonchev–Trinajstić information content (AvgIpc) is 2.97. The smallest absolute Gasteiger partial charge is 0.261 e. The summed E-state index contributed by atoms with van der Waals surface area (Å²) in [5.74, 6) is 0. The summed E-state index contributed by atoms with van der Waals surface area (Å²) in [7, 11) is 0. The first-order valence-corrected chi connectivity index (χ1v) is 9.17. The molecule has 4 aromatic rings. The van der Waals surface area contributed by atoms with Gasteiger partial charge in [-0.3, -0.25) is 13.8 Å². The van der Waals surface area contributed by atoms with E-state index in [1.54, 1.807) is 11.3 Å². The fourth-order valence-corrected chi connectivity index (χ4v) is 4.55. The minimum absolute atomic E-state index is 0.0532. The lowest BCUT2D eigenvalue weighted by Gasteiger charge is -2.12. The Morgan fingerprint density at radius 1 is 1.04 bits per heavy atom. The zero-order valence-electron chi connectivity index (χ0n) is 13.2. The molecule has 0 aliphatic rings. The fourth-order valence-electron chi connectivity index (χ4n) is 3.12. The van der Waals surface area contributed by atoms with Gasteiger partial charge >= 0.3 is 0 Å². The van der Waals surface area contributed by atoms with E-state index in [1.807, 2.05) is 47.0 Å². The van der Waals surface area contributed by atoms with E-state index < -0.39 is 0 Å². The molecule has 4 rings (SSSR count). The first-order valence-electron chi connectivity index (χ1n) is 7.95. The second kappa shape index (κ2) is 6.00. The summed E-state index contributed by atoms with van der Waals surface area (Å²) in [6.07, 6.45) is 0.894. The van der Waals surface area contributed by atoms with E-state index in [-0.39, 0.29) is 5.56 Å². The van der Waals surface area contributed by atoms with Crippen molar-refractivity contribution in [1.29, 1.82) is 0 Å². The Labute approximate surface area is 148 Å². The van der Waals surface area contributed by atoms with Crippen molar-refractivity contribution in [2.45, 2.75) is 19.9 Å². The molecule has 0 spiro atoms. The Bertz CT molecular complexity index is 1150. The van der Waals surface area contributed by atoms with Crippen molar-refractivity contribution in [2.24, 2.45) is 0 Å². The quantitative estimate of drug-likeness (QED) is 0.478. The van der Waals surface area contributed by atoms with Crippen LogP contribution in [-0.2, 0) is 6.54 Å². The lowest BCUT2D eigenvalue weighted by Crippen LogP contribution is -2.23. The van der Waals surface area contributed by atoms with Crippen molar-refractivity contribution < 1.29 is 0 Å². The second-order valence-corrected chi connectivity index (χ2v) is 7.34. The highest BCUT2D eigenvalue weighted by molar-refractivity contribution is 7.73. The van der Waals surface area contributed by atoms with Crippen LogP contribution < -0.4 is 5.56 Å². The minimum Gasteiger partial charge on any atom is -0.293 e. The monoisotopic (exact) mass is 352 g/mol. The van der Waals surface area contributed by atoms with Crippen molar-refractivity contribution in [2.75, 3.05) is 0 Å². The van der Waals surface area contributed by atoms with Gasteiger partial charge in [-0.1, -0.05) is 49.4 Å². The van der Waals surface area contributed by atoms with E-state index in [0.717, 1.165) is 32.0 Å². The van der Waals surface area contributed by atoms with Crippen LogP contribution in [0.5, 0.6) is 0 Å². The summed E-state index contributed by atoms with van der Waals surface area (Å²) in [6.45, 7) is 2.76. The molecule has 5 heteroatoms. The van der Waals surface area contributed by atoms with E-state index >= 15 is 0 Å². The van der Waals surface area contributed by atoms with Crippen molar-refractivity contribution in [3.63, 3.8) is 0 Å². The fraction of sp³-hybridized carbons (Fsp3) is 0.158. The van der Waals surface area contributed by atoms with Crippen LogP contribution in [0.15, 0.2) is 59.4 Å². The topological polar surface area (TPSA) is 26.4 Å². The summed E-state index contributed by atoms with van der Waals surface area (Å²) in [5, 5.41) is 0.715. The van der Waals surface area contributed by atoms with Crippen LogP contribution in [0.4, 0.5) is 0 Å². The van der Waals surface area contributed by atoms with Gasteiger partial charge in [0.05, 0.1) is 15.8 Å². The third-order valence-electron chi connectivity index (χ3n) is 4.15. The van der Waals surface area contributed by atoms with E-state index in [4.69, 9.17) is 12.2 Å². The highest BCUT2D eigenvalue weighted by atomic mass is 32.1. The first kappa shape index (κ1) is 15.3. The SMILES string of the molecule is CCCn1c(=O)c2ccccc2n2c(=S)sc(-c3ccccc3)c12. The Hall–Kier alpha value is -2.24. The van der Waals surface area contributed by atoms with E-state index in [2.05, 4.69) is 23.5 Å². The molecule has 0 bridgehead atoms. The molecule has 0 radical (unpaired) electrons. The van der Waals surface area contributed by atoms with Gasteiger partial charge < -0.3 is 0 Å². The van der Waals surface area contributed by atoms with Crippen LogP contribution in [0.2, 0.25) is 0 Å². The number of aryl methyl sites for hydroxylation is 1. The molecule has 0 atom stereocenters. The Balaban J connectivity index is 2.26. The number of rotatable bonds is 3. The Kier molecular flexibility index (Phi) is 3.82. The molecule has 0 saturated heterocycles. The van der Waals surface area contributed by atoms with Gasteiger partial charge in [0, 0.05) is 6.54 Å². The minimum atomic E-state index is 0.0532. The van der Waals surface area contributed by atoms with Crippen LogP contribution in [0.25, 0.3) is 27.0 Å². The molecule has 0 aliphatic carbocycles. The van der Waals surface area contributed by atoms with Gasteiger partial charge in [-0.05, 0) is 36.3 Å². The zero-order chi connectivity index (χ0) is 16.7. The van der Waals surface area contributed by atoms with Crippen molar-refractivity contribution in [3.05, 3.63) is 68.9 Å². The molecule has 2 aromatic heterocycles. The predicted molar refractivity (Wildman–Crippen MR) is 104 cm³/mol. The van der Waals surface area contributed by atoms with Crippen LogP contribution in [0, 0.1) is 3.95 Å². The van der Waals surface area contributed by atoms with Gasteiger partial charge in [-0.15, -0.1) is 11.3 Å². The van der Waals surface area contributed by atoms with Crippen molar-refractivity contribution >= 4 is 40.1 Å². The molecular formula is C19H16N2OS2. The molecule has 0 fully saturated rings. The van der Waals surface area contributed by atoms with Gasteiger partial charge in [-0.25, -0.2) is 0 Å². The highest BCUT2D eigenvalue weighted by Crippen LogP contribution is 2.33. The highest BCUT2D eigenvalue weighted by Gasteiger charge is 2.17. The second-order valence-electron chi connectivity index (χ2n) is 5.70. The number of benzene rings is 2. The zero-order valence-corrected chi connectivity index (χ0v) is 14.9. The molecule has 3 nitrogen and oxygen atoms in total. The van der Waals surface area contributed by atoms with Gasteiger partial charge in [0.1, 0.15) is 5.65 Å².